The Balaban J connectivity index is 2.37. The van der Waals surface area contributed by atoms with Crippen molar-refractivity contribution in [3.63, 3.8) is 0 Å². The largest absolute Gasteiger partial charge is 0.384 e. The molecule has 4 heteroatoms. The van der Waals surface area contributed by atoms with Gasteiger partial charge in [0.2, 0.25) is 0 Å². The van der Waals surface area contributed by atoms with E-state index >= 15 is 0 Å². The Hall–Kier alpha value is -1.81. The molecule has 0 saturated carbocycles. The summed E-state index contributed by atoms with van der Waals surface area (Å²) in [4.78, 5) is 3.80. The van der Waals surface area contributed by atoms with Crippen molar-refractivity contribution in [3.8, 4) is 0 Å². The predicted octanol–water partition coefficient (Wildman–Crippen LogP) is 2.44. The number of nitrogens with zero attached hydrogens (tertiary/aromatic N) is 1. The molecule has 1 heterocycles. The Morgan fingerprint density at radius 1 is 0.938 bits per heavy atom. The molecule has 1 unspecified atom stereocenters. The molecule has 0 fully saturated rings. The molecule has 1 N–H and O–H groups in total. The molecule has 0 bridgehead atoms. The molecule has 0 aliphatic carbocycles. The zero-order chi connectivity index (χ0) is 11.5. The molecule has 0 aliphatic rings. The number of aliphatic hydroxyl groups excluding tert-OH is 1. The van der Waals surface area contributed by atoms with Gasteiger partial charge in [-0.15, -0.1) is 0 Å². The Kier molecular flexibility index (Phi) is 2.92. The first-order chi connectivity index (χ1) is 7.66. The molecule has 0 radical (unpaired) electrons. The van der Waals surface area contributed by atoms with Gasteiger partial charge in [-0.2, -0.15) is 0 Å². The zero-order valence-electron chi connectivity index (χ0n) is 8.27. The van der Waals surface area contributed by atoms with Crippen LogP contribution in [0.5, 0.6) is 0 Å². The summed E-state index contributed by atoms with van der Waals surface area (Å²) in [5, 5.41) is 9.88. The van der Waals surface area contributed by atoms with Crippen molar-refractivity contribution in [3.05, 3.63) is 65.5 Å². The van der Waals surface area contributed by atoms with Crippen molar-refractivity contribution >= 4 is 0 Å². The average Bonchev–Trinajstić information content (AvgIpc) is 2.28. The van der Waals surface area contributed by atoms with Crippen LogP contribution >= 0.6 is 0 Å². The first-order valence-electron chi connectivity index (χ1n) is 4.71. The number of benzene rings is 1. The van der Waals surface area contributed by atoms with Crippen LogP contribution in [-0.2, 0) is 0 Å². The standard InChI is InChI=1S/C12H9F2NO/c13-10-5-9(6-11(14)7-10)12(16)8-1-3-15-4-2-8/h1-7,12,16H. The maximum atomic E-state index is 12.9. The Bertz CT molecular complexity index is 467. The van der Waals surface area contributed by atoms with Crippen LogP contribution in [-0.4, -0.2) is 10.1 Å². The quantitative estimate of drug-likeness (QED) is 0.844. The fourth-order valence-corrected chi connectivity index (χ4v) is 1.47. The summed E-state index contributed by atoms with van der Waals surface area (Å²) in [5.74, 6) is -1.41. The summed E-state index contributed by atoms with van der Waals surface area (Å²) in [7, 11) is 0. The minimum atomic E-state index is -1.05. The molecule has 16 heavy (non-hydrogen) atoms. The summed E-state index contributed by atoms with van der Waals surface area (Å²) in [6, 6.07) is 6.16. The van der Waals surface area contributed by atoms with Crippen LogP contribution in [0.3, 0.4) is 0 Å². The van der Waals surface area contributed by atoms with Gasteiger partial charge in [0.15, 0.2) is 0 Å². The molecular formula is C12H9F2NO. The number of aliphatic hydroxyl groups is 1. The third-order valence-corrected chi connectivity index (χ3v) is 2.22. The van der Waals surface area contributed by atoms with E-state index in [9.17, 15) is 13.9 Å². The molecule has 0 saturated heterocycles. The third kappa shape index (κ3) is 2.23. The molecule has 2 aromatic rings. The van der Waals surface area contributed by atoms with E-state index in [-0.39, 0.29) is 5.56 Å². The second-order valence-electron chi connectivity index (χ2n) is 3.39. The predicted molar refractivity (Wildman–Crippen MR) is 54.7 cm³/mol. The number of pyridine rings is 1. The molecule has 0 amide bonds. The number of hydrogen-bond acceptors (Lipinski definition) is 2. The van der Waals surface area contributed by atoms with Gasteiger partial charge in [0.25, 0.3) is 0 Å². The fourth-order valence-electron chi connectivity index (χ4n) is 1.47. The Morgan fingerprint density at radius 2 is 1.50 bits per heavy atom. The van der Waals surface area contributed by atoms with Crippen LogP contribution in [0, 0.1) is 11.6 Å². The van der Waals surface area contributed by atoms with Gasteiger partial charge in [0.05, 0.1) is 0 Å². The first kappa shape index (κ1) is 10.7. The summed E-state index contributed by atoms with van der Waals surface area (Å²) in [6.07, 6.45) is 1.97. The summed E-state index contributed by atoms with van der Waals surface area (Å²) in [6.45, 7) is 0. The second kappa shape index (κ2) is 4.37. The normalized spacial score (nSPS) is 12.4. The maximum absolute atomic E-state index is 12.9. The van der Waals surface area contributed by atoms with Gasteiger partial charge in [0, 0.05) is 18.5 Å². The van der Waals surface area contributed by atoms with Crippen molar-refractivity contribution in [1.82, 2.24) is 4.98 Å². The van der Waals surface area contributed by atoms with Crippen molar-refractivity contribution in [2.45, 2.75) is 6.10 Å². The lowest BCUT2D eigenvalue weighted by atomic mass is 10.0. The van der Waals surface area contributed by atoms with Crippen molar-refractivity contribution < 1.29 is 13.9 Å². The maximum Gasteiger partial charge on any atom is 0.126 e. The highest BCUT2D eigenvalue weighted by atomic mass is 19.1. The van der Waals surface area contributed by atoms with Crippen LogP contribution in [0.15, 0.2) is 42.7 Å². The molecule has 0 spiro atoms. The van der Waals surface area contributed by atoms with Gasteiger partial charge >= 0.3 is 0 Å². The van der Waals surface area contributed by atoms with E-state index in [1.807, 2.05) is 0 Å². The minimum Gasteiger partial charge on any atom is -0.384 e. The van der Waals surface area contributed by atoms with E-state index in [0.29, 0.717) is 5.56 Å². The first-order valence-corrected chi connectivity index (χ1v) is 4.71. The molecule has 1 atom stereocenters. The smallest absolute Gasteiger partial charge is 0.126 e. The molecule has 1 aromatic carbocycles. The third-order valence-electron chi connectivity index (χ3n) is 2.22. The van der Waals surface area contributed by atoms with E-state index < -0.39 is 17.7 Å². The zero-order valence-corrected chi connectivity index (χ0v) is 8.27. The molecule has 2 rings (SSSR count). The van der Waals surface area contributed by atoms with Gasteiger partial charge in [-0.05, 0) is 35.4 Å². The van der Waals surface area contributed by atoms with Gasteiger partial charge in [-0.25, -0.2) is 8.78 Å². The monoisotopic (exact) mass is 221 g/mol. The number of rotatable bonds is 2. The van der Waals surface area contributed by atoms with Gasteiger partial charge in [-0.3, -0.25) is 4.98 Å². The van der Waals surface area contributed by atoms with Crippen molar-refractivity contribution in [1.29, 1.82) is 0 Å². The van der Waals surface area contributed by atoms with E-state index in [0.717, 1.165) is 18.2 Å². The Labute approximate surface area is 91.2 Å². The lowest BCUT2D eigenvalue weighted by molar-refractivity contribution is 0.219. The van der Waals surface area contributed by atoms with Crippen LogP contribution in [0.1, 0.15) is 17.2 Å². The second-order valence-corrected chi connectivity index (χ2v) is 3.39. The van der Waals surface area contributed by atoms with Crippen molar-refractivity contribution in [2.75, 3.05) is 0 Å². The molecule has 1 aromatic heterocycles. The molecule has 0 aliphatic heterocycles. The highest BCUT2D eigenvalue weighted by molar-refractivity contribution is 5.29. The molecule has 2 nitrogen and oxygen atoms in total. The van der Waals surface area contributed by atoms with Crippen LogP contribution in [0.4, 0.5) is 8.78 Å². The number of aromatic nitrogens is 1. The lowest BCUT2D eigenvalue weighted by Gasteiger charge is -2.11. The van der Waals surface area contributed by atoms with Gasteiger partial charge in [0.1, 0.15) is 17.7 Å². The SMILES string of the molecule is OC(c1ccncc1)c1cc(F)cc(F)c1. The number of halogens is 2. The van der Waals surface area contributed by atoms with Crippen LogP contribution < -0.4 is 0 Å². The van der Waals surface area contributed by atoms with Crippen LogP contribution in [0.25, 0.3) is 0 Å². The lowest BCUT2D eigenvalue weighted by Crippen LogP contribution is -2.01. The van der Waals surface area contributed by atoms with E-state index in [1.165, 1.54) is 12.4 Å². The van der Waals surface area contributed by atoms with Crippen molar-refractivity contribution in [2.24, 2.45) is 0 Å². The highest BCUT2D eigenvalue weighted by Gasteiger charge is 2.12. The topological polar surface area (TPSA) is 33.1 Å². The summed E-state index contributed by atoms with van der Waals surface area (Å²) in [5.41, 5.74) is 0.726. The summed E-state index contributed by atoms with van der Waals surface area (Å²) >= 11 is 0. The van der Waals surface area contributed by atoms with Crippen LogP contribution in [0.2, 0.25) is 0 Å². The number of hydrogen-bond donors (Lipinski definition) is 1. The highest BCUT2D eigenvalue weighted by Crippen LogP contribution is 2.22. The van der Waals surface area contributed by atoms with E-state index in [1.54, 1.807) is 12.1 Å². The van der Waals surface area contributed by atoms with E-state index in [2.05, 4.69) is 4.98 Å². The molecule has 82 valence electrons. The average molecular weight is 221 g/mol. The minimum absolute atomic E-state index is 0.184. The fraction of sp³-hybridized carbons (Fsp3) is 0.0833. The molecular weight excluding hydrogens is 212 g/mol. The Morgan fingerprint density at radius 3 is 2.06 bits per heavy atom. The van der Waals surface area contributed by atoms with Gasteiger partial charge < -0.3 is 5.11 Å². The summed E-state index contributed by atoms with van der Waals surface area (Å²) < 4.78 is 25.9. The van der Waals surface area contributed by atoms with Gasteiger partial charge in [-0.1, -0.05) is 0 Å². The van der Waals surface area contributed by atoms with E-state index in [4.69, 9.17) is 0 Å².